The molecule has 0 saturated carbocycles. The van der Waals surface area contributed by atoms with Crippen LogP contribution in [0.5, 0.6) is 0 Å². The summed E-state index contributed by atoms with van der Waals surface area (Å²) in [5, 5.41) is -0.880. The van der Waals surface area contributed by atoms with Gasteiger partial charge in [0, 0.05) is 10.9 Å². The van der Waals surface area contributed by atoms with E-state index in [2.05, 4.69) is 0 Å². The summed E-state index contributed by atoms with van der Waals surface area (Å²) < 4.78 is 126. The molecule has 2 aromatic carbocycles. The minimum absolute atomic E-state index is 0.152. The third-order valence-corrected chi connectivity index (χ3v) is 7.19. The van der Waals surface area contributed by atoms with Crippen LogP contribution in [0.1, 0.15) is 33.1 Å². The molecule has 0 nitrogen and oxygen atoms in total. The summed E-state index contributed by atoms with van der Waals surface area (Å²) in [6.07, 6.45) is 1.74. The van der Waals surface area contributed by atoms with Gasteiger partial charge >= 0.3 is 0 Å². The van der Waals surface area contributed by atoms with E-state index in [0.29, 0.717) is 19.3 Å². The van der Waals surface area contributed by atoms with Crippen LogP contribution in [-0.2, 0) is 0 Å². The second-order valence-corrected chi connectivity index (χ2v) is 8.69. The van der Waals surface area contributed by atoms with Crippen molar-refractivity contribution in [3.63, 3.8) is 0 Å². The van der Waals surface area contributed by atoms with Crippen LogP contribution in [0.2, 0.25) is 0 Å². The summed E-state index contributed by atoms with van der Waals surface area (Å²) in [5.74, 6) is -20.9. The topological polar surface area (TPSA) is 0 Å². The molecule has 29 heavy (non-hydrogen) atoms. The van der Waals surface area contributed by atoms with Crippen molar-refractivity contribution in [2.24, 2.45) is 0 Å². The Balaban J connectivity index is 3.00. The third kappa shape index (κ3) is 4.11. The SMILES string of the molecule is CCCCP(CCC)c1c(F)c(F)c(F)c(F)c1-c1c(F)c(F)c(F)c(F)c1F. The van der Waals surface area contributed by atoms with Gasteiger partial charge in [-0.25, -0.2) is 39.5 Å². The quantitative estimate of drug-likeness (QED) is 0.187. The van der Waals surface area contributed by atoms with Crippen molar-refractivity contribution in [2.45, 2.75) is 33.1 Å². The Morgan fingerprint density at radius 2 is 0.897 bits per heavy atom. The lowest BCUT2D eigenvalue weighted by Crippen LogP contribution is -2.22. The molecule has 0 spiro atoms. The monoisotopic (exact) mass is 446 g/mol. The molecule has 0 aliphatic carbocycles. The van der Waals surface area contributed by atoms with Gasteiger partial charge in [0.05, 0.1) is 5.56 Å². The Bertz CT molecular complexity index is 898. The van der Waals surface area contributed by atoms with Crippen LogP contribution in [0.4, 0.5) is 39.5 Å². The van der Waals surface area contributed by atoms with E-state index in [9.17, 15) is 39.5 Å². The lowest BCUT2D eigenvalue weighted by atomic mass is 10.0. The van der Waals surface area contributed by atoms with Crippen molar-refractivity contribution in [3.8, 4) is 11.1 Å². The van der Waals surface area contributed by atoms with Crippen LogP contribution in [0.3, 0.4) is 0 Å². The summed E-state index contributed by atoms with van der Waals surface area (Å²) in [6.45, 7) is 3.43. The van der Waals surface area contributed by atoms with E-state index in [4.69, 9.17) is 0 Å². The smallest absolute Gasteiger partial charge is 0.200 e. The van der Waals surface area contributed by atoms with Crippen molar-refractivity contribution in [1.82, 2.24) is 0 Å². The van der Waals surface area contributed by atoms with E-state index in [1.54, 1.807) is 13.8 Å². The van der Waals surface area contributed by atoms with Crippen LogP contribution < -0.4 is 5.30 Å². The standard InChI is InChI=1S/C19H16F9P/c1-3-5-7-29(6-4-2)19-9(12(22)15(25)17(27)18(19)28)8-10(20)13(23)16(26)14(24)11(8)21/h3-7H2,1-2H3. The Kier molecular flexibility index (Phi) is 7.60. The molecular weight excluding hydrogens is 430 g/mol. The fourth-order valence-electron chi connectivity index (χ4n) is 2.92. The maximum Gasteiger partial charge on any atom is 0.200 e. The summed E-state index contributed by atoms with van der Waals surface area (Å²) in [7, 11) is -1.82. The molecular formula is C19H16F9P. The van der Waals surface area contributed by atoms with E-state index in [1.165, 1.54) is 0 Å². The van der Waals surface area contributed by atoms with Crippen molar-refractivity contribution >= 4 is 13.2 Å². The predicted molar refractivity (Wildman–Crippen MR) is 93.0 cm³/mol. The van der Waals surface area contributed by atoms with E-state index in [0.717, 1.165) is 0 Å². The minimum atomic E-state index is -2.50. The highest BCUT2D eigenvalue weighted by Crippen LogP contribution is 2.44. The van der Waals surface area contributed by atoms with Gasteiger partial charge in [0.1, 0.15) is 0 Å². The summed E-state index contributed by atoms with van der Waals surface area (Å²) in [4.78, 5) is 0. The highest BCUT2D eigenvalue weighted by molar-refractivity contribution is 7.65. The normalized spacial score (nSPS) is 12.5. The number of benzene rings is 2. The average Bonchev–Trinajstić information content (AvgIpc) is 2.70. The van der Waals surface area contributed by atoms with Crippen LogP contribution in [0.15, 0.2) is 0 Å². The highest BCUT2D eigenvalue weighted by Gasteiger charge is 2.36. The van der Waals surface area contributed by atoms with Crippen molar-refractivity contribution in [1.29, 1.82) is 0 Å². The maximum atomic E-state index is 14.7. The van der Waals surface area contributed by atoms with Crippen LogP contribution >= 0.6 is 7.92 Å². The van der Waals surface area contributed by atoms with Gasteiger partial charge in [-0.15, -0.1) is 0 Å². The Labute approximate surface area is 162 Å². The Morgan fingerprint density at radius 3 is 1.34 bits per heavy atom. The molecule has 0 aromatic heterocycles. The Hall–Kier alpha value is -1.76. The van der Waals surface area contributed by atoms with Gasteiger partial charge < -0.3 is 0 Å². The van der Waals surface area contributed by atoms with Gasteiger partial charge in [-0.2, -0.15) is 0 Å². The van der Waals surface area contributed by atoms with Gasteiger partial charge in [0.2, 0.25) is 5.82 Å². The minimum Gasteiger partial charge on any atom is -0.203 e. The number of halogens is 9. The number of hydrogen-bond acceptors (Lipinski definition) is 0. The molecule has 160 valence electrons. The lowest BCUT2D eigenvalue weighted by Gasteiger charge is -2.23. The van der Waals surface area contributed by atoms with E-state index >= 15 is 0 Å². The fraction of sp³-hybridized carbons (Fsp3) is 0.368. The zero-order valence-corrected chi connectivity index (χ0v) is 16.3. The van der Waals surface area contributed by atoms with Gasteiger partial charge in [-0.1, -0.05) is 34.6 Å². The molecule has 10 heteroatoms. The molecule has 0 heterocycles. The van der Waals surface area contributed by atoms with Gasteiger partial charge in [-0.05, 0) is 18.7 Å². The molecule has 1 atom stereocenters. The van der Waals surface area contributed by atoms with Crippen molar-refractivity contribution < 1.29 is 39.5 Å². The number of hydrogen-bond donors (Lipinski definition) is 0. The molecule has 0 amide bonds. The first-order chi connectivity index (χ1) is 13.6. The molecule has 0 fully saturated rings. The molecule has 0 saturated heterocycles. The van der Waals surface area contributed by atoms with E-state index < -0.39 is 76.7 Å². The van der Waals surface area contributed by atoms with E-state index in [1.807, 2.05) is 0 Å². The number of rotatable bonds is 7. The van der Waals surface area contributed by atoms with Crippen molar-refractivity contribution in [2.75, 3.05) is 12.3 Å². The average molecular weight is 446 g/mol. The van der Waals surface area contributed by atoms with Crippen LogP contribution in [-0.4, -0.2) is 12.3 Å². The molecule has 0 N–H and O–H groups in total. The second-order valence-electron chi connectivity index (χ2n) is 6.27. The molecule has 1 unspecified atom stereocenters. The maximum absolute atomic E-state index is 14.7. The highest BCUT2D eigenvalue weighted by atomic mass is 31.1. The first-order valence-electron chi connectivity index (χ1n) is 8.72. The molecule has 0 aliphatic rings. The third-order valence-electron chi connectivity index (χ3n) is 4.29. The molecule has 2 rings (SSSR count). The van der Waals surface area contributed by atoms with Gasteiger partial charge in [-0.3, -0.25) is 0 Å². The Morgan fingerprint density at radius 1 is 0.483 bits per heavy atom. The molecule has 2 aromatic rings. The van der Waals surface area contributed by atoms with E-state index in [-0.39, 0.29) is 12.3 Å². The van der Waals surface area contributed by atoms with Crippen molar-refractivity contribution in [3.05, 3.63) is 52.4 Å². The largest absolute Gasteiger partial charge is 0.203 e. The van der Waals surface area contributed by atoms with Gasteiger partial charge in [0.15, 0.2) is 46.5 Å². The zero-order valence-electron chi connectivity index (χ0n) is 15.4. The van der Waals surface area contributed by atoms with Gasteiger partial charge in [0.25, 0.3) is 0 Å². The fourth-order valence-corrected chi connectivity index (χ4v) is 5.73. The van der Waals surface area contributed by atoms with Crippen LogP contribution in [0, 0.1) is 52.4 Å². The predicted octanol–water partition coefficient (Wildman–Crippen LogP) is 6.92. The molecule has 0 radical (unpaired) electrons. The summed E-state index contributed by atoms with van der Waals surface area (Å²) in [5.41, 5.74) is -3.28. The van der Waals surface area contributed by atoms with Crippen LogP contribution in [0.25, 0.3) is 11.1 Å². The lowest BCUT2D eigenvalue weighted by molar-refractivity contribution is 0.379. The summed E-state index contributed by atoms with van der Waals surface area (Å²) in [6, 6.07) is 0. The zero-order chi connectivity index (χ0) is 22.0. The molecule has 0 aliphatic heterocycles. The summed E-state index contributed by atoms with van der Waals surface area (Å²) >= 11 is 0. The second kappa shape index (κ2) is 9.37. The first kappa shape index (κ1) is 23.5. The first-order valence-corrected chi connectivity index (χ1v) is 10.4. The molecule has 0 bridgehead atoms. The number of unbranched alkanes of at least 4 members (excludes halogenated alkanes) is 1.